The first-order chi connectivity index (χ1) is 8.13. The predicted molar refractivity (Wildman–Crippen MR) is 65.2 cm³/mol. The van der Waals surface area contributed by atoms with E-state index in [1.807, 2.05) is 6.26 Å². The van der Waals surface area contributed by atoms with Crippen molar-refractivity contribution in [3.8, 4) is 5.75 Å². The molecule has 0 aliphatic heterocycles. The van der Waals surface area contributed by atoms with Crippen LogP contribution in [0.2, 0.25) is 0 Å². The van der Waals surface area contributed by atoms with Crippen LogP contribution in [0.3, 0.4) is 0 Å². The van der Waals surface area contributed by atoms with Crippen molar-refractivity contribution in [1.29, 1.82) is 0 Å². The average molecular weight is 259 g/mol. The highest BCUT2D eigenvalue weighted by Crippen LogP contribution is 2.49. The molecule has 1 aromatic rings. The molecule has 1 aliphatic carbocycles. The topological polar surface area (TPSA) is 35.2 Å². The van der Waals surface area contributed by atoms with Gasteiger partial charge in [-0.05, 0) is 30.9 Å². The van der Waals surface area contributed by atoms with Gasteiger partial charge in [0.2, 0.25) is 0 Å². The van der Waals surface area contributed by atoms with Crippen molar-refractivity contribution in [3.63, 3.8) is 0 Å². The zero-order valence-electron chi connectivity index (χ0n) is 9.80. The summed E-state index contributed by atoms with van der Waals surface area (Å²) in [6.07, 6.45) is 0.136. The fraction of sp³-hybridized carbons (Fsp3) is 0.500. The van der Waals surface area contributed by atoms with Crippen molar-refractivity contribution in [1.82, 2.24) is 0 Å². The number of benzene rings is 1. The monoisotopic (exact) mass is 259 g/mol. The molecule has 94 valence electrons. The number of alkyl halides is 2. The molecule has 0 amide bonds. The Hall–Kier alpha value is -0.810. The first-order valence-electron chi connectivity index (χ1n) is 5.39. The van der Waals surface area contributed by atoms with E-state index in [1.54, 1.807) is 0 Å². The van der Waals surface area contributed by atoms with Gasteiger partial charge in [0, 0.05) is 21.9 Å². The van der Waals surface area contributed by atoms with Crippen molar-refractivity contribution >= 4 is 11.8 Å². The van der Waals surface area contributed by atoms with Crippen LogP contribution in [0.15, 0.2) is 11.0 Å². The van der Waals surface area contributed by atoms with Crippen molar-refractivity contribution in [2.45, 2.75) is 23.7 Å². The molecular formula is C12H15F2NOS. The maximum atomic E-state index is 13.0. The summed E-state index contributed by atoms with van der Waals surface area (Å²) in [4.78, 5) is 0.695. The third-order valence-corrected chi connectivity index (χ3v) is 4.11. The highest BCUT2D eigenvalue weighted by molar-refractivity contribution is 7.98. The summed E-state index contributed by atoms with van der Waals surface area (Å²) in [6.45, 7) is 0.533. The maximum absolute atomic E-state index is 13.0. The number of ether oxygens (including phenoxy) is 1. The van der Waals surface area contributed by atoms with Crippen LogP contribution in [-0.4, -0.2) is 19.9 Å². The van der Waals surface area contributed by atoms with Crippen LogP contribution in [0.1, 0.15) is 29.0 Å². The summed E-state index contributed by atoms with van der Waals surface area (Å²) in [7, 11) is 1.51. The molecule has 1 aromatic carbocycles. The third kappa shape index (κ3) is 1.91. The molecule has 2 nitrogen and oxygen atoms in total. The second-order valence-corrected chi connectivity index (χ2v) is 4.85. The SMILES string of the molecule is COc1cc(C(F)F)c(SC)c2c1C(CN)C2. The van der Waals surface area contributed by atoms with Crippen LogP contribution in [0, 0.1) is 0 Å². The fourth-order valence-electron chi connectivity index (χ4n) is 2.37. The number of halogens is 2. The minimum Gasteiger partial charge on any atom is -0.496 e. The minimum atomic E-state index is -2.46. The Balaban J connectivity index is 2.57. The lowest BCUT2D eigenvalue weighted by atomic mass is 9.76. The molecule has 17 heavy (non-hydrogen) atoms. The molecule has 2 N–H and O–H groups in total. The van der Waals surface area contributed by atoms with E-state index < -0.39 is 6.43 Å². The average Bonchev–Trinajstić information content (AvgIpc) is 2.29. The number of rotatable bonds is 4. The smallest absolute Gasteiger partial charge is 0.265 e. The molecule has 1 unspecified atom stereocenters. The van der Waals surface area contributed by atoms with Crippen molar-refractivity contribution in [2.24, 2.45) is 5.73 Å². The van der Waals surface area contributed by atoms with Crippen molar-refractivity contribution < 1.29 is 13.5 Å². The van der Waals surface area contributed by atoms with E-state index in [1.165, 1.54) is 24.9 Å². The number of thioether (sulfide) groups is 1. The maximum Gasteiger partial charge on any atom is 0.265 e. The van der Waals surface area contributed by atoms with E-state index >= 15 is 0 Å². The lowest BCUT2D eigenvalue weighted by molar-refractivity contribution is 0.147. The molecule has 0 radical (unpaired) electrons. The molecular weight excluding hydrogens is 244 g/mol. The molecule has 0 aromatic heterocycles. The van der Waals surface area contributed by atoms with Gasteiger partial charge >= 0.3 is 0 Å². The van der Waals surface area contributed by atoms with Gasteiger partial charge in [0.05, 0.1) is 7.11 Å². The van der Waals surface area contributed by atoms with Crippen LogP contribution in [0.25, 0.3) is 0 Å². The van der Waals surface area contributed by atoms with E-state index in [-0.39, 0.29) is 11.5 Å². The number of hydrogen-bond donors (Lipinski definition) is 1. The molecule has 0 saturated heterocycles. The molecule has 0 heterocycles. The van der Waals surface area contributed by atoms with Gasteiger partial charge in [0.1, 0.15) is 5.75 Å². The molecule has 5 heteroatoms. The summed E-state index contributed by atoms with van der Waals surface area (Å²) < 4.78 is 31.1. The summed E-state index contributed by atoms with van der Waals surface area (Å²) in [6, 6.07) is 1.46. The second kappa shape index (κ2) is 4.82. The van der Waals surface area contributed by atoms with Crippen molar-refractivity contribution in [2.75, 3.05) is 19.9 Å². The third-order valence-electron chi connectivity index (χ3n) is 3.22. The number of nitrogens with two attached hydrogens (primary N) is 1. The Kier molecular flexibility index (Phi) is 3.58. The number of hydrogen-bond acceptors (Lipinski definition) is 3. The largest absolute Gasteiger partial charge is 0.496 e. The Morgan fingerprint density at radius 2 is 2.29 bits per heavy atom. The highest BCUT2D eigenvalue weighted by Gasteiger charge is 2.34. The predicted octanol–water partition coefficient (Wildman–Crippen LogP) is 2.95. The molecule has 0 bridgehead atoms. The summed E-state index contributed by atoms with van der Waals surface area (Å²) in [5, 5.41) is 0. The van der Waals surface area contributed by atoms with Gasteiger partial charge in [-0.25, -0.2) is 8.78 Å². The zero-order chi connectivity index (χ0) is 12.6. The molecule has 1 atom stereocenters. The van der Waals surface area contributed by atoms with Crippen LogP contribution in [-0.2, 0) is 6.42 Å². The molecule has 1 aliphatic rings. The second-order valence-electron chi connectivity index (χ2n) is 4.03. The lowest BCUT2D eigenvalue weighted by Crippen LogP contribution is -2.27. The highest BCUT2D eigenvalue weighted by atomic mass is 32.2. The van der Waals surface area contributed by atoms with Gasteiger partial charge < -0.3 is 10.5 Å². The number of fused-ring (bicyclic) bond motifs is 1. The van der Waals surface area contributed by atoms with Crippen LogP contribution < -0.4 is 10.5 Å². The van der Waals surface area contributed by atoms with Gasteiger partial charge in [-0.3, -0.25) is 0 Å². The Labute approximate surface area is 104 Å². The summed E-state index contributed by atoms with van der Waals surface area (Å²) in [5.41, 5.74) is 7.73. The standard InChI is InChI=1S/C12H15F2NOS/c1-16-9-4-8(12(13)14)11(17-2)7-3-6(5-15)10(7)9/h4,6,12H,3,5,15H2,1-2H3. The van der Waals surface area contributed by atoms with E-state index in [0.29, 0.717) is 17.2 Å². The van der Waals surface area contributed by atoms with Gasteiger partial charge in [-0.2, -0.15) is 0 Å². The summed E-state index contributed by atoms with van der Waals surface area (Å²) >= 11 is 1.37. The Morgan fingerprint density at radius 1 is 1.59 bits per heavy atom. The minimum absolute atomic E-state index is 0.0728. The van der Waals surface area contributed by atoms with Gasteiger partial charge in [-0.1, -0.05) is 0 Å². The zero-order valence-corrected chi connectivity index (χ0v) is 10.6. The van der Waals surface area contributed by atoms with Crippen LogP contribution in [0.4, 0.5) is 8.78 Å². The normalized spacial score (nSPS) is 17.9. The van der Waals surface area contributed by atoms with Gasteiger partial charge in [0.15, 0.2) is 0 Å². The molecule has 0 spiro atoms. The lowest BCUT2D eigenvalue weighted by Gasteiger charge is -2.34. The Morgan fingerprint density at radius 3 is 2.76 bits per heavy atom. The first-order valence-corrected chi connectivity index (χ1v) is 6.62. The van der Waals surface area contributed by atoms with E-state index in [9.17, 15) is 8.78 Å². The van der Waals surface area contributed by atoms with Gasteiger partial charge in [-0.15, -0.1) is 11.8 Å². The first kappa shape index (κ1) is 12.6. The van der Waals surface area contributed by atoms with E-state index in [4.69, 9.17) is 10.5 Å². The Bertz CT molecular complexity index is 437. The molecule has 2 rings (SSSR count). The fourth-order valence-corrected chi connectivity index (χ4v) is 3.19. The van der Waals surface area contributed by atoms with Crippen LogP contribution in [0.5, 0.6) is 5.75 Å². The summed E-state index contributed by atoms with van der Waals surface area (Å²) in [5.74, 6) is 0.798. The van der Waals surface area contributed by atoms with E-state index in [0.717, 1.165) is 17.5 Å². The number of methoxy groups -OCH3 is 1. The van der Waals surface area contributed by atoms with Crippen LogP contribution >= 0.6 is 11.8 Å². The van der Waals surface area contributed by atoms with E-state index in [2.05, 4.69) is 0 Å². The molecule has 0 fully saturated rings. The molecule has 0 saturated carbocycles. The van der Waals surface area contributed by atoms with Crippen molar-refractivity contribution in [3.05, 3.63) is 22.8 Å². The van der Waals surface area contributed by atoms with Gasteiger partial charge in [0.25, 0.3) is 6.43 Å². The quantitative estimate of drug-likeness (QED) is 0.844.